The largest absolute Gasteiger partial charge is 0.305 e. The second kappa shape index (κ2) is 7.03. The number of pyridine rings is 1. The third-order valence-electron chi connectivity index (χ3n) is 2.48. The van der Waals surface area contributed by atoms with Crippen molar-refractivity contribution in [3.8, 4) is 0 Å². The van der Waals surface area contributed by atoms with Crippen molar-refractivity contribution in [1.29, 1.82) is 0 Å². The summed E-state index contributed by atoms with van der Waals surface area (Å²) in [7, 11) is 0. The number of nitrogens with zero attached hydrogens (tertiary/aromatic N) is 2. The maximum Gasteiger partial charge on any atom is 0.305 e. The number of amides is 1. The van der Waals surface area contributed by atoms with Gasteiger partial charge in [0.15, 0.2) is 12.4 Å². The summed E-state index contributed by atoms with van der Waals surface area (Å²) in [4.78, 5) is 11.6. The fourth-order valence-electron chi connectivity index (χ4n) is 1.53. The van der Waals surface area contributed by atoms with E-state index in [4.69, 9.17) is 23.2 Å². The number of halogens is 2. The minimum atomic E-state index is -0.226. The Morgan fingerprint density at radius 2 is 1.95 bits per heavy atom. The molecule has 0 saturated carbocycles. The molecule has 0 spiro atoms. The first kappa shape index (κ1) is 14.5. The van der Waals surface area contributed by atoms with Gasteiger partial charge in [0.25, 0.3) is 0 Å². The SMILES string of the molecule is O=C(C[n+]1ccccc1)N/N=C/c1cccc(Cl)c1Cl. The fourth-order valence-corrected chi connectivity index (χ4v) is 1.89. The van der Waals surface area contributed by atoms with Gasteiger partial charge in [-0.15, -0.1) is 0 Å². The van der Waals surface area contributed by atoms with E-state index in [1.807, 2.05) is 18.2 Å². The summed E-state index contributed by atoms with van der Waals surface area (Å²) >= 11 is 11.9. The number of nitrogens with one attached hydrogen (secondary N) is 1. The van der Waals surface area contributed by atoms with Crippen molar-refractivity contribution in [3.63, 3.8) is 0 Å². The van der Waals surface area contributed by atoms with E-state index >= 15 is 0 Å². The Kier molecular flexibility index (Phi) is 5.09. The molecule has 4 nitrogen and oxygen atoms in total. The highest BCUT2D eigenvalue weighted by molar-refractivity contribution is 6.43. The number of hydrogen-bond acceptors (Lipinski definition) is 2. The molecule has 20 heavy (non-hydrogen) atoms. The molecule has 102 valence electrons. The predicted molar refractivity (Wildman–Crippen MR) is 78.8 cm³/mol. The van der Waals surface area contributed by atoms with Gasteiger partial charge in [0.2, 0.25) is 6.54 Å². The number of hydrazone groups is 1. The lowest BCUT2D eigenvalue weighted by Gasteiger charge is -2.00. The summed E-state index contributed by atoms with van der Waals surface area (Å²) in [5.74, 6) is -0.226. The van der Waals surface area contributed by atoms with Crippen molar-refractivity contribution >= 4 is 35.3 Å². The predicted octanol–water partition coefficient (Wildman–Crippen LogP) is 2.43. The van der Waals surface area contributed by atoms with Crippen LogP contribution in [0.2, 0.25) is 10.0 Å². The van der Waals surface area contributed by atoms with Gasteiger partial charge in [0, 0.05) is 17.7 Å². The van der Waals surface area contributed by atoms with Crippen LogP contribution in [0.15, 0.2) is 53.9 Å². The molecule has 0 aliphatic carbocycles. The molecule has 0 unspecified atom stereocenters. The van der Waals surface area contributed by atoms with E-state index in [9.17, 15) is 4.79 Å². The van der Waals surface area contributed by atoms with E-state index in [2.05, 4.69) is 10.5 Å². The molecule has 0 saturated heterocycles. The molecular weight excluding hydrogens is 297 g/mol. The van der Waals surface area contributed by atoms with Gasteiger partial charge in [0.1, 0.15) is 0 Å². The van der Waals surface area contributed by atoms with E-state index < -0.39 is 0 Å². The van der Waals surface area contributed by atoms with Crippen molar-refractivity contribution in [2.75, 3.05) is 0 Å². The molecule has 0 atom stereocenters. The van der Waals surface area contributed by atoms with E-state index in [1.54, 1.807) is 35.2 Å². The number of benzene rings is 1. The van der Waals surface area contributed by atoms with Crippen LogP contribution in [0.5, 0.6) is 0 Å². The zero-order valence-electron chi connectivity index (χ0n) is 10.5. The highest BCUT2D eigenvalue weighted by atomic mass is 35.5. The van der Waals surface area contributed by atoms with Crippen molar-refractivity contribution in [1.82, 2.24) is 5.43 Å². The molecule has 2 rings (SSSR count). The topological polar surface area (TPSA) is 45.3 Å². The number of aromatic nitrogens is 1. The van der Waals surface area contributed by atoms with Crippen LogP contribution in [0, 0.1) is 0 Å². The van der Waals surface area contributed by atoms with Crippen LogP contribution in [0.25, 0.3) is 0 Å². The minimum Gasteiger partial charge on any atom is -0.266 e. The Bertz CT molecular complexity index is 630. The molecule has 2 aromatic rings. The maximum atomic E-state index is 11.6. The summed E-state index contributed by atoms with van der Waals surface area (Å²) < 4.78 is 1.75. The van der Waals surface area contributed by atoms with Crippen molar-refractivity contribution in [2.24, 2.45) is 5.10 Å². The standard InChI is InChI=1S/C14H11Cl2N3O/c15-12-6-4-5-11(14(12)16)9-17-18-13(20)10-19-7-2-1-3-8-19/h1-9H,10H2/p+1/b17-9+. The third-order valence-corrected chi connectivity index (χ3v) is 3.31. The lowest BCUT2D eigenvalue weighted by atomic mass is 10.2. The molecule has 1 amide bonds. The smallest absolute Gasteiger partial charge is 0.266 e. The van der Waals surface area contributed by atoms with Crippen LogP contribution < -0.4 is 9.99 Å². The summed E-state index contributed by atoms with van der Waals surface area (Å²) in [5.41, 5.74) is 3.08. The normalized spacial score (nSPS) is 10.7. The summed E-state index contributed by atoms with van der Waals surface area (Å²) in [6.45, 7) is 0.196. The van der Waals surface area contributed by atoms with Gasteiger partial charge in [-0.1, -0.05) is 41.4 Å². The molecule has 1 heterocycles. The Balaban J connectivity index is 1.93. The Morgan fingerprint density at radius 1 is 1.20 bits per heavy atom. The quantitative estimate of drug-likeness (QED) is 0.526. The number of hydrogen-bond donors (Lipinski definition) is 1. The van der Waals surface area contributed by atoms with Crippen LogP contribution >= 0.6 is 23.2 Å². The van der Waals surface area contributed by atoms with Gasteiger partial charge >= 0.3 is 5.91 Å². The monoisotopic (exact) mass is 308 g/mol. The van der Waals surface area contributed by atoms with E-state index in [0.29, 0.717) is 15.6 Å². The Morgan fingerprint density at radius 3 is 2.70 bits per heavy atom. The van der Waals surface area contributed by atoms with Crippen molar-refractivity contribution < 1.29 is 9.36 Å². The van der Waals surface area contributed by atoms with Crippen LogP contribution in [-0.2, 0) is 11.3 Å². The van der Waals surface area contributed by atoms with E-state index in [1.165, 1.54) is 6.21 Å². The maximum absolute atomic E-state index is 11.6. The molecule has 0 aliphatic heterocycles. The molecule has 1 aromatic carbocycles. The molecular formula is C14H12Cl2N3O+. The van der Waals surface area contributed by atoms with E-state index in [0.717, 1.165) is 0 Å². The fraction of sp³-hybridized carbons (Fsp3) is 0.0714. The van der Waals surface area contributed by atoms with E-state index in [-0.39, 0.29) is 12.5 Å². The first-order valence-electron chi connectivity index (χ1n) is 5.87. The average molecular weight is 309 g/mol. The van der Waals surface area contributed by atoms with Gasteiger partial charge in [0.05, 0.1) is 16.3 Å². The molecule has 0 radical (unpaired) electrons. The Labute approximate surface area is 126 Å². The second-order valence-corrected chi connectivity index (χ2v) is 4.77. The molecule has 1 N–H and O–H groups in total. The first-order valence-corrected chi connectivity index (χ1v) is 6.62. The summed E-state index contributed by atoms with van der Waals surface area (Å²) in [6, 6.07) is 10.8. The first-order chi connectivity index (χ1) is 9.66. The zero-order chi connectivity index (χ0) is 14.4. The van der Waals surface area contributed by atoms with Gasteiger partial charge < -0.3 is 0 Å². The lowest BCUT2D eigenvalue weighted by Crippen LogP contribution is -2.40. The van der Waals surface area contributed by atoms with Crippen LogP contribution in [0.1, 0.15) is 5.56 Å². The van der Waals surface area contributed by atoms with Crippen LogP contribution in [0.4, 0.5) is 0 Å². The molecule has 1 aromatic heterocycles. The van der Waals surface area contributed by atoms with Gasteiger partial charge in [-0.3, -0.25) is 4.79 Å². The number of carbonyl (C=O) groups is 1. The highest BCUT2D eigenvalue weighted by Gasteiger charge is 2.07. The van der Waals surface area contributed by atoms with Gasteiger partial charge in [-0.05, 0) is 6.07 Å². The molecule has 0 aliphatic rings. The van der Waals surface area contributed by atoms with Gasteiger partial charge in [-0.2, -0.15) is 9.67 Å². The average Bonchev–Trinajstić information content (AvgIpc) is 2.44. The molecule has 0 bridgehead atoms. The highest BCUT2D eigenvalue weighted by Crippen LogP contribution is 2.23. The van der Waals surface area contributed by atoms with Gasteiger partial charge in [-0.25, -0.2) is 5.43 Å². The zero-order valence-corrected chi connectivity index (χ0v) is 12.0. The summed E-state index contributed by atoms with van der Waals surface area (Å²) in [6.07, 6.45) is 5.07. The number of carbonyl (C=O) groups excluding carboxylic acids is 1. The van der Waals surface area contributed by atoms with Crippen molar-refractivity contribution in [3.05, 3.63) is 64.4 Å². The van der Waals surface area contributed by atoms with Crippen LogP contribution in [0.3, 0.4) is 0 Å². The van der Waals surface area contributed by atoms with Crippen LogP contribution in [-0.4, -0.2) is 12.1 Å². The minimum absolute atomic E-state index is 0.196. The summed E-state index contributed by atoms with van der Waals surface area (Å²) in [5, 5.41) is 4.71. The number of rotatable bonds is 4. The van der Waals surface area contributed by atoms with Crippen molar-refractivity contribution in [2.45, 2.75) is 6.54 Å². The lowest BCUT2D eigenvalue weighted by molar-refractivity contribution is -0.684. The Hall–Kier alpha value is -1.91. The molecule has 6 heteroatoms. The molecule has 0 fully saturated rings. The second-order valence-electron chi connectivity index (χ2n) is 3.98. The third kappa shape index (κ3) is 4.05.